The Hall–Kier alpha value is -0.870. The Kier molecular flexibility index (Phi) is 4.78. The summed E-state index contributed by atoms with van der Waals surface area (Å²) in [6.45, 7) is 0. The number of nitrogens with one attached hydrogen (secondary N) is 1. The lowest BCUT2D eigenvalue weighted by molar-refractivity contribution is -0.127. The Morgan fingerprint density at radius 2 is 1.83 bits per heavy atom. The lowest BCUT2D eigenvalue weighted by Crippen LogP contribution is -2.35. The second kappa shape index (κ2) is 6.34. The Morgan fingerprint density at radius 3 is 2.44 bits per heavy atom. The van der Waals surface area contributed by atoms with E-state index in [0.29, 0.717) is 0 Å². The molecule has 1 fully saturated rings. The normalized spacial score (nSPS) is 18.3. The van der Waals surface area contributed by atoms with Gasteiger partial charge in [0.1, 0.15) is 6.10 Å². The van der Waals surface area contributed by atoms with Crippen molar-refractivity contribution in [1.29, 1.82) is 0 Å². The molecule has 1 aliphatic rings. The number of benzene rings is 1. The van der Waals surface area contributed by atoms with E-state index in [9.17, 15) is 9.90 Å². The van der Waals surface area contributed by atoms with Crippen LogP contribution in [0.4, 0.5) is 5.69 Å². The molecule has 0 saturated heterocycles. The van der Waals surface area contributed by atoms with E-state index < -0.39 is 6.10 Å². The molecule has 4 heteroatoms. The summed E-state index contributed by atoms with van der Waals surface area (Å²) in [5, 5.41) is 12.8. The van der Waals surface area contributed by atoms with Gasteiger partial charge in [-0.05, 0) is 43.0 Å². The molecule has 0 aromatic heterocycles. The quantitative estimate of drug-likeness (QED) is 0.899. The van der Waals surface area contributed by atoms with E-state index in [1.54, 1.807) is 0 Å². The van der Waals surface area contributed by atoms with Gasteiger partial charge in [0.05, 0.1) is 0 Å². The third kappa shape index (κ3) is 3.56. The third-order valence-corrected chi connectivity index (χ3v) is 4.01. The molecule has 1 aromatic rings. The fourth-order valence-corrected chi connectivity index (χ4v) is 2.68. The van der Waals surface area contributed by atoms with Gasteiger partial charge in [0.25, 0.3) is 5.91 Å². The minimum atomic E-state index is -0.881. The number of rotatable bonds is 3. The SMILES string of the molecule is O=C(Nc1ccc(Br)cc1)C(O)C1CCCCC1. The van der Waals surface area contributed by atoms with Gasteiger partial charge in [0.15, 0.2) is 0 Å². The van der Waals surface area contributed by atoms with E-state index in [4.69, 9.17) is 0 Å². The van der Waals surface area contributed by atoms with Crippen LogP contribution in [0.15, 0.2) is 28.7 Å². The Labute approximate surface area is 116 Å². The minimum Gasteiger partial charge on any atom is -0.383 e. The van der Waals surface area contributed by atoms with Crippen LogP contribution in [0.2, 0.25) is 0 Å². The number of halogens is 1. The summed E-state index contributed by atoms with van der Waals surface area (Å²) in [6, 6.07) is 7.36. The molecule has 18 heavy (non-hydrogen) atoms. The van der Waals surface area contributed by atoms with Crippen molar-refractivity contribution in [3.05, 3.63) is 28.7 Å². The highest BCUT2D eigenvalue weighted by molar-refractivity contribution is 9.10. The zero-order valence-electron chi connectivity index (χ0n) is 10.2. The van der Waals surface area contributed by atoms with Crippen LogP contribution in [0.25, 0.3) is 0 Å². The fraction of sp³-hybridized carbons (Fsp3) is 0.500. The van der Waals surface area contributed by atoms with Crippen molar-refractivity contribution in [2.75, 3.05) is 5.32 Å². The predicted molar refractivity (Wildman–Crippen MR) is 75.4 cm³/mol. The van der Waals surface area contributed by atoms with E-state index >= 15 is 0 Å². The van der Waals surface area contributed by atoms with Gasteiger partial charge >= 0.3 is 0 Å². The van der Waals surface area contributed by atoms with Crippen LogP contribution in [0.3, 0.4) is 0 Å². The Bertz CT molecular complexity index is 399. The van der Waals surface area contributed by atoms with Gasteiger partial charge < -0.3 is 10.4 Å². The molecule has 0 spiro atoms. The standard InChI is InChI=1S/C14H18BrNO2/c15-11-6-8-12(9-7-11)16-14(18)13(17)10-4-2-1-3-5-10/h6-10,13,17H,1-5H2,(H,16,18). The van der Waals surface area contributed by atoms with E-state index in [-0.39, 0.29) is 11.8 Å². The number of aliphatic hydroxyl groups is 1. The largest absolute Gasteiger partial charge is 0.383 e. The lowest BCUT2D eigenvalue weighted by Gasteiger charge is -2.25. The highest BCUT2D eigenvalue weighted by Gasteiger charge is 2.27. The first-order chi connectivity index (χ1) is 8.66. The summed E-state index contributed by atoms with van der Waals surface area (Å²) in [6.07, 6.45) is 4.48. The van der Waals surface area contributed by atoms with Crippen LogP contribution in [0, 0.1) is 5.92 Å². The molecule has 0 aliphatic heterocycles. The topological polar surface area (TPSA) is 49.3 Å². The summed E-state index contributed by atoms with van der Waals surface area (Å²) in [5.74, 6) is -0.168. The molecule has 1 amide bonds. The number of amides is 1. The number of carbonyl (C=O) groups is 1. The number of hydrogen-bond acceptors (Lipinski definition) is 2. The average molecular weight is 312 g/mol. The number of aliphatic hydroxyl groups excluding tert-OH is 1. The van der Waals surface area contributed by atoms with E-state index in [1.165, 1.54) is 6.42 Å². The number of carbonyl (C=O) groups excluding carboxylic acids is 1. The van der Waals surface area contributed by atoms with E-state index in [1.807, 2.05) is 24.3 Å². The van der Waals surface area contributed by atoms with Gasteiger partial charge in [0.2, 0.25) is 0 Å². The van der Waals surface area contributed by atoms with E-state index in [0.717, 1.165) is 35.8 Å². The van der Waals surface area contributed by atoms with Gasteiger partial charge in [-0.2, -0.15) is 0 Å². The molecule has 0 bridgehead atoms. The summed E-state index contributed by atoms with van der Waals surface area (Å²) in [7, 11) is 0. The summed E-state index contributed by atoms with van der Waals surface area (Å²) < 4.78 is 0.966. The molecular formula is C14H18BrNO2. The third-order valence-electron chi connectivity index (χ3n) is 3.48. The van der Waals surface area contributed by atoms with Crippen molar-refractivity contribution in [1.82, 2.24) is 0 Å². The van der Waals surface area contributed by atoms with E-state index in [2.05, 4.69) is 21.2 Å². The number of hydrogen-bond donors (Lipinski definition) is 2. The highest BCUT2D eigenvalue weighted by Crippen LogP contribution is 2.27. The second-order valence-corrected chi connectivity index (χ2v) is 5.75. The van der Waals surface area contributed by atoms with Crippen molar-refractivity contribution in [2.45, 2.75) is 38.2 Å². The highest BCUT2D eigenvalue weighted by atomic mass is 79.9. The van der Waals surface area contributed by atoms with Gasteiger partial charge in [-0.25, -0.2) is 0 Å². The zero-order chi connectivity index (χ0) is 13.0. The van der Waals surface area contributed by atoms with Gasteiger partial charge in [0, 0.05) is 10.2 Å². The first-order valence-corrected chi connectivity index (χ1v) is 7.20. The maximum Gasteiger partial charge on any atom is 0.253 e. The summed E-state index contributed by atoms with van der Waals surface area (Å²) >= 11 is 3.34. The fourth-order valence-electron chi connectivity index (χ4n) is 2.41. The molecule has 2 rings (SSSR count). The van der Waals surface area contributed by atoms with Crippen molar-refractivity contribution >= 4 is 27.5 Å². The zero-order valence-corrected chi connectivity index (χ0v) is 11.8. The molecule has 1 aromatic carbocycles. The molecule has 0 heterocycles. The van der Waals surface area contributed by atoms with Crippen LogP contribution in [0.1, 0.15) is 32.1 Å². The maximum atomic E-state index is 11.9. The van der Waals surface area contributed by atoms with Gasteiger partial charge in [-0.1, -0.05) is 35.2 Å². The first-order valence-electron chi connectivity index (χ1n) is 6.41. The molecule has 1 saturated carbocycles. The lowest BCUT2D eigenvalue weighted by atomic mass is 9.85. The van der Waals surface area contributed by atoms with Crippen molar-refractivity contribution in [2.24, 2.45) is 5.92 Å². The maximum absolute atomic E-state index is 11.9. The second-order valence-electron chi connectivity index (χ2n) is 4.84. The van der Waals surface area contributed by atoms with Gasteiger partial charge in [-0.15, -0.1) is 0 Å². The van der Waals surface area contributed by atoms with Crippen molar-refractivity contribution < 1.29 is 9.90 Å². The smallest absolute Gasteiger partial charge is 0.253 e. The molecule has 1 aliphatic carbocycles. The Balaban J connectivity index is 1.92. The minimum absolute atomic E-state index is 0.120. The number of anilines is 1. The van der Waals surface area contributed by atoms with Crippen LogP contribution in [-0.4, -0.2) is 17.1 Å². The molecule has 0 radical (unpaired) electrons. The van der Waals surface area contributed by atoms with Crippen LogP contribution in [-0.2, 0) is 4.79 Å². The molecule has 1 atom stereocenters. The average Bonchev–Trinajstić information content (AvgIpc) is 2.41. The monoisotopic (exact) mass is 311 g/mol. The molecule has 98 valence electrons. The van der Waals surface area contributed by atoms with Gasteiger partial charge in [-0.3, -0.25) is 4.79 Å². The van der Waals surface area contributed by atoms with Crippen LogP contribution < -0.4 is 5.32 Å². The van der Waals surface area contributed by atoms with Crippen molar-refractivity contribution in [3.8, 4) is 0 Å². The molecule has 1 unspecified atom stereocenters. The van der Waals surface area contributed by atoms with Crippen LogP contribution in [0.5, 0.6) is 0 Å². The molecule has 3 nitrogen and oxygen atoms in total. The van der Waals surface area contributed by atoms with Crippen molar-refractivity contribution in [3.63, 3.8) is 0 Å². The molecular weight excluding hydrogens is 294 g/mol. The van der Waals surface area contributed by atoms with Crippen LogP contribution >= 0.6 is 15.9 Å². The first kappa shape index (κ1) is 13.6. The Morgan fingerprint density at radius 1 is 1.22 bits per heavy atom. The summed E-state index contributed by atoms with van der Waals surface area (Å²) in [4.78, 5) is 11.9. The molecule has 2 N–H and O–H groups in total. The summed E-state index contributed by atoms with van der Waals surface area (Å²) in [5.41, 5.74) is 0.720. The predicted octanol–water partition coefficient (Wildman–Crippen LogP) is 3.33.